The minimum Gasteiger partial charge on any atom is -0.497 e. The van der Waals surface area contributed by atoms with Crippen molar-refractivity contribution in [2.45, 2.75) is 6.92 Å². The number of aromatic nitrogens is 1. The van der Waals surface area contributed by atoms with Gasteiger partial charge in [-0.25, -0.2) is 9.18 Å². The number of carboxylic acids is 1. The van der Waals surface area contributed by atoms with Gasteiger partial charge in [0.1, 0.15) is 28.6 Å². The maximum absolute atomic E-state index is 13.4. The molecular weight excluding hydrogens is 241 g/mol. The van der Waals surface area contributed by atoms with E-state index in [1.165, 1.54) is 32.2 Å². The summed E-state index contributed by atoms with van der Waals surface area (Å²) >= 11 is 0. The summed E-state index contributed by atoms with van der Waals surface area (Å²) < 4.78 is 23.1. The summed E-state index contributed by atoms with van der Waals surface area (Å²) in [6.45, 7) is 1.48. The van der Waals surface area contributed by atoms with E-state index in [1.54, 1.807) is 0 Å². The SMILES string of the molecule is COc1cc(F)cc(-c2noc(C)c2C(=O)O)c1. The average molecular weight is 251 g/mol. The number of hydrogen-bond acceptors (Lipinski definition) is 4. The molecule has 1 N–H and O–H groups in total. The number of nitrogens with zero attached hydrogens (tertiary/aromatic N) is 1. The molecular formula is C12H10FNO4. The number of aromatic carboxylic acids is 1. The van der Waals surface area contributed by atoms with Gasteiger partial charge >= 0.3 is 5.97 Å². The highest BCUT2D eigenvalue weighted by molar-refractivity contribution is 5.95. The number of carboxylic acid groups (broad SMARTS) is 1. The van der Waals surface area contributed by atoms with Crippen LogP contribution in [0.5, 0.6) is 5.75 Å². The average Bonchev–Trinajstić information content (AvgIpc) is 2.70. The highest BCUT2D eigenvalue weighted by Crippen LogP contribution is 2.29. The molecule has 0 unspecified atom stereocenters. The van der Waals surface area contributed by atoms with Crippen molar-refractivity contribution in [1.82, 2.24) is 5.16 Å². The number of rotatable bonds is 3. The molecule has 1 aromatic carbocycles. The Bertz CT molecular complexity index is 606. The lowest BCUT2D eigenvalue weighted by Crippen LogP contribution is -1.99. The van der Waals surface area contributed by atoms with Crippen molar-refractivity contribution in [2.24, 2.45) is 0 Å². The zero-order valence-electron chi connectivity index (χ0n) is 9.73. The van der Waals surface area contributed by atoms with Crippen LogP contribution in [0.4, 0.5) is 4.39 Å². The molecule has 0 amide bonds. The van der Waals surface area contributed by atoms with Gasteiger partial charge in [0.15, 0.2) is 0 Å². The fourth-order valence-electron chi connectivity index (χ4n) is 1.64. The maximum Gasteiger partial charge on any atom is 0.341 e. The van der Waals surface area contributed by atoms with Crippen molar-refractivity contribution in [3.63, 3.8) is 0 Å². The monoisotopic (exact) mass is 251 g/mol. The van der Waals surface area contributed by atoms with E-state index in [2.05, 4.69) is 5.16 Å². The summed E-state index contributed by atoms with van der Waals surface area (Å²) in [5.41, 5.74) is 0.293. The van der Waals surface area contributed by atoms with E-state index >= 15 is 0 Å². The first-order valence-electron chi connectivity index (χ1n) is 5.07. The van der Waals surface area contributed by atoms with Crippen LogP contribution in [0.25, 0.3) is 11.3 Å². The molecule has 6 heteroatoms. The van der Waals surface area contributed by atoms with Gasteiger partial charge in [-0.3, -0.25) is 0 Å². The minimum atomic E-state index is -1.17. The predicted molar refractivity (Wildman–Crippen MR) is 60.1 cm³/mol. The third kappa shape index (κ3) is 2.04. The molecule has 0 aliphatic carbocycles. The van der Waals surface area contributed by atoms with Crippen molar-refractivity contribution >= 4 is 5.97 Å². The molecule has 0 saturated carbocycles. The molecule has 5 nitrogen and oxygen atoms in total. The van der Waals surface area contributed by atoms with Crippen molar-refractivity contribution in [3.05, 3.63) is 35.3 Å². The number of ether oxygens (including phenoxy) is 1. The normalized spacial score (nSPS) is 10.4. The number of hydrogen-bond donors (Lipinski definition) is 1. The summed E-state index contributed by atoms with van der Waals surface area (Å²) in [4.78, 5) is 11.1. The Hall–Kier alpha value is -2.37. The standard InChI is InChI=1S/C12H10FNO4/c1-6-10(12(15)16)11(14-18-6)7-3-8(13)5-9(4-7)17-2/h3-5H,1-2H3,(H,15,16). The highest BCUT2D eigenvalue weighted by Gasteiger charge is 2.21. The predicted octanol–water partition coefficient (Wildman–Crippen LogP) is 2.50. The molecule has 0 bridgehead atoms. The zero-order valence-corrected chi connectivity index (χ0v) is 9.73. The van der Waals surface area contributed by atoms with Gasteiger partial charge in [0.2, 0.25) is 0 Å². The Morgan fingerprint density at radius 3 is 2.78 bits per heavy atom. The second kappa shape index (κ2) is 4.48. The number of benzene rings is 1. The van der Waals surface area contributed by atoms with Crippen molar-refractivity contribution in [3.8, 4) is 17.0 Å². The molecule has 0 saturated heterocycles. The Kier molecular flexibility index (Phi) is 3.01. The van der Waals surface area contributed by atoms with E-state index in [1.807, 2.05) is 0 Å². The first-order chi connectivity index (χ1) is 8.52. The number of halogens is 1. The first-order valence-corrected chi connectivity index (χ1v) is 5.07. The molecule has 18 heavy (non-hydrogen) atoms. The molecule has 0 fully saturated rings. The first kappa shape index (κ1) is 12.1. The van der Waals surface area contributed by atoms with E-state index in [-0.39, 0.29) is 22.8 Å². The van der Waals surface area contributed by atoms with Gasteiger partial charge in [-0.2, -0.15) is 0 Å². The lowest BCUT2D eigenvalue weighted by molar-refractivity contribution is 0.0695. The van der Waals surface area contributed by atoms with Gasteiger partial charge in [0.25, 0.3) is 0 Å². The third-order valence-corrected chi connectivity index (χ3v) is 2.46. The molecule has 1 aromatic heterocycles. The van der Waals surface area contributed by atoms with Gasteiger partial charge in [-0.1, -0.05) is 5.16 Å². The van der Waals surface area contributed by atoms with E-state index in [0.29, 0.717) is 5.56 Å². The van der Waals surface area contributed by atoms with Crippen LogP contribution in [0.3, 0.4) is 0 Å². The van der Waals surface area contributed by atoms with Gasteiger partial charge < -0.3 is 14.4 Å². The van der Waals surface area contributed by atoms with Crippen LogP contribution in [0.1, 0.15) is 16.1 Å². The van der Waals surface area contributed by atoms with Crippen LogP contribution in [0.15, 0.2) is 22.7 Å². The number of carbonyl (C=O) groups is 1. The van der Waals surface area contributed by atoms with Gasteiger partial charge in [0.05, 0.1) is 7.11 Å². The molecule has 0 aliphatic rings. The van der Waals surface area contributed by atoms with Gasteiger partial charge in [-0.05, 0) is 19.1 Å². The Morgan fingerprint density at radius 2 is 2.17 bits per heavy atom. The molecule has 0 spiro atoms. The summed E-state index contributed by atoms with van der Waals surface area (Å²) in [5, 5.41) is 12.7. The Balaban J connectivity index is 2.62. The van der Waals surface area contributed by atoms with Crippen LogP contribution in [-0.4, -0.2) is 23.3 Å². The van der Waals surface area contributed by atoms with Crippen LogP contribution in [0, 0.1) is 12.7 Å². The van der Waals surface area contributed by atoms with E-state index in [0.717, 1.165) is 0 Å². The van der Waals surface area contributed by atoms with Crippen LogP contribution < -0.4 is 4.74 Å². The summed E-state index contributed by atoms with van der Waals surface area (Å²) in [5.74, 6) is -1.27. The molecule has 2 rings (SSSR count). The Labute approximate surface area is 102 Å². The summed E-state index contributed by atoms with van der Waals surface area (Å²) in [7, 11) is 1.39. The fraction of sp³-hybridized carbons (Fsp3) is 0.167. The Morgan fingerprint density at radius 1 is 1.44 bits per heavy atom. The molecule has 2 aromatic rings. The van der Waals surface area contributed by atoms with E-state index in [9.17, 15) is 9.18 Å². The van der Waals surface area contributed by atoms with E-state index in [4.69, 9.17) is 14.4 Å². The lowest BCUT2D eigenvalue weighted by Gasteiger charge is -2.03. The molecule has 94 valence electrons. The second-order valence-corrected chi connectivity index (χ2v) is 3.65. The van der Waals surface area contributed by atoms with Crippen LogP contribution in [0.2, 0.25) is 0 Å². The largest absolute Gasteiger partial charge is 0.497 e. The highest BCUT2D eigenvalue weighted by atomic mass is 19.1. The fourth-order valence-corrected chi connectivity index (χ4v) is 1.64. The van der Waals surface area contributed by atoms with E-state index < -0.39 is 11.8 Å². The van der Waals surface area contributed by atoms with Crippen LogP contribution >= 0.6 is 0 Å². The second-order valence-electron chi connectivity index (χ2n) is 3.65. The topological polar surface area (TPSA) is 72.6 Å². The van der Waals surface area contributed by atoms with Crippen molar-refractivity contribution < 1.29 is 23.6 Å². The summed E-state index contributed by atoms with van der Waals surface area (Å²) in [6, 6.07) is 3.86. The maximum atomic E-state index is 13.4. The number of aryl methyl sites for hydroxylation is 1. The van der Waals surface area contributed by atoms with Crippen molar-refractivity contribution in [1.29, 1.82) is 0 Å². The molecule has 1 heterocycles. The molecule has 0 aliphatic heterocycles. The third-order valence-electron chi connectivity index (χ3n) is 2.46. The number of methoxy groups -OCH3 is 1. The molecule has 0 radical (unpaired) electrons. The lowest BCUT2D eigenvalue weighted by atomic mass is 10.1. The minimum absolute atomic E-state index is 0.0809. The quantitative estimate of drug-likeness (QED) is 0.907. The zero-order chi connectivity index (χ0) is 13.3. The van der Waals surface area contributed by atoms with Gasteiger partial charge in [0, 0.05) is 11.6 Å². The smallest absolute Gasteiger partial charge is 0.341 e. The molecule has 0 atom stereocenters. The van der Waals surface area contributed by atoms with Gasteiger partial charge in [-0.15, -0.1) is 0 Å². The van der Waals surface area contributed by atoms with Crippen molar-refractivity contribution in [2.75, 3.05) is 7.11 Å². The summed E-state index contributed by atoms with van der Waals surface area (Å²) in [6.07, 6.45) is 0. The van der Waals surface area contributed by atoms with Crippen LogP contribution in [-0.2, 0) is 0 Å².